The third-order valence-electron chi connectivity index (χ3n) is 1.77. The highest BCUT2D eigenvalue weighted by atomic mass is 16.7. The number of nitro benzene ring substituents is 1. The van der Waals surface area contributed by atoms with Gasteiger partial charge in [0.15, 0.2) is 0 Å². The number of carbonyl (C=O) groups is 2. The molecule has 0 radical (unpaired) electrons. The Bertz CT molecular complexity index is 501. The molecule has 0 fully saturated rings. The van der Waals surface area contributed by atoms with Crippen LogP contribution in [-0.2, 0) is 9.63 Å². The number of benzene rings is 1. The molecule has 0 heterocycles. The van der Waals surface area contributed by atoms with Gasteiger partial charge < -0.3 is 10.2 Å². The number of amides is 1. The first-order valence-corrected chi connectivity index (χ1v) is 4.56. The molecule has 9 nitrogen and oxygen atoms in total. The van der Waals surface area contributed by atoms with Crippen molar-refractivity contribution in [1.29, 1.82) is 5.41 Å². The number of nitrogens with one attached hydrogen (secondary N) is 3. The lowest BCUT2D eigenvalue weighted by Gasteiger charge is -2.05. The third-order valence-corrected chi connectivity index (χ3v) is 1.77. The van der Waals surface area contributed by atoms with Crippen molar-refractivity contribution in [1.82, 2.24) is 11.0 Å². The molecule has 0 bridgehead atoms. The molecule has 0 aliphatic carbocycles. The van der Waals surface area contributed by atoms with Crippen LogP contribution in [0.2, 0.25) is 0 Å². The molecule has 0 unspecified atom stereocenters. The highest BCUT2D eigenvalue weighted by molar-refractivity contribution is 6.24. The maximum Gasteiger partial charge on any atom is 0.365 e. The van der Waals surface area contributed by atoms with Crippen molar-refractivity contribution in [3.8, 4) is 0 Å². The van der Waals surface area contributed by atoms with Crippen molar-refractivity contribution >= 4 is 23.8 Å². The second-order valence-electron chi connectivity index (χ2n) is 2.90. The summed E-state index contributed by atoms with van der Waals surface area (Å²) in [5.74, 6) is -1.88. The molecule has 0 saturated carbocycles. The molecule has 9 heteroatoms. The number of hydrazine groups is 1. The van der Waals surface area contributed by atoms with Crippen LogP contribution < -0.4 is 11.0 Å². The molecule has 0 aliphatic rings. The average Bonchev–Trinajstić information content (AvgIpc) is 2.38. The largest absolute Gasteiger partial charge is 0.365 e. The zero-order valence-corrected chi connectivity index (χ0v) is 8.88. The van der Waals surface area contributed by atoms with E-state index in [1.54, 1.807) is 5.59 Å². The lowest BCUT2D eigenvalue weighted by atomic mass is 10.2. The molecule has 0 saturated heterocycles. The fraction of sp³-hybridized carbons (Fsp3) is 0. The molecule has 1 aromatic rings. The molecule has 0 aromatic heterocycles. The van der Waals surface area contributed by atoms with Gasteiger partial charge in [0.1, 0.15) is 5.56 Å². The van der Waals surface area contributed by atoms with E-state index >= 15 is 0 Å². The molecule has 0 spiro atoms. The summed E-state index contributed by atoms with van der Waals surface area (Å²) in [4.78, 5) is 36.3. The van der Waals surface area contributed by atoms with E-state index in [2.05, 4.69) is 4.84 Å². The molecule has 0 aliphatic heterocycles. The van der Waals surface area contributed by atoms with Gasteiger partial charge in [-0.3, -0.25) is 20.3 Å². The van der Waals surface area contributed by atoms with Crippen molar-refractivity contribution in [2.24, 2.45) is 0 Å². The van der Waals surface area contributed by atoms with Crippen LogP contribution in [0.3, 0.4) is 0 Å². The highest BCUT2D eigenvalue weighted by Crippen LogP contribution is 2.17. The normalized spacial score (nSPS) is 9.33. The molecule has 3 N–H and O–H groups in total. The Balaban J connectivity index is 2.70. The van der Waals surface area contributed by atoms with Gasteiger partial charge in [-0.15, -0.1) is 0 Å². The summed E-state index contributed by atoms with van der Waals surface area (Å²) >= 11 is 0. The summed E-state index contributed by atoms with van der Waals surface area (Å²) in [6.45, 7) is 0. The third kappa shape index (κ3) is 3.35. The van der Waals surface area contributed by atoms with Crippen molar-refractivity contribution < 1.29 is 19.3 Å². The predicted octanol–water partition coefficient (Wildman–Crippen LogP) is -0.0630. The Morgan fingerprint density at radius 1 is 1.39 bits per heavy atom. The first-order valence-electron chi connectivity index (χ1n) is 4.56. The molecule has 1 amide bonds. The van der Waals surface area contributed by atoms with Gasteiger partial charge in [0.25, 0.3) is 11.6 Å². The van der Waals surface area contributed by atoms with Crippen LogP contribution in [0.1, 0.15) is 10.4 Å². The highest BCUT2D eigenvalue weighted by Gasteiger charge is 2.20. The van der Waals surface area contributed by atoms with Gasteiger partial charge in [0.05, 0.1) is 11.1 Å². The maximum absolute atomic E-state index is 11.4. The van der Waals surface area contributed by atoms with Crippen LogP contribution in [0.5, 0.6) is 0 Å². The van der Waals surface area contributed by atoms with Gasteiger partial charge in [-0.1, -0.05) is 17.7 Å². The standard InChI is InChI=1S/C9H8N4O5/c10-5-8(14)11-12-18-9(15)6-3-1-2-4-7(6)13(16)17/h1-5,10,12H,(H,11,14). The zero-order valence-electron chi connectivity index (χ0n) is 8.88. The molecular weight excluding hydrogens is 244 g/mol. The minimum Gasteiger partial charge on any atom is -0.346 e. The van der Waals surface area contributed by atoms with Crippen molar-refractivity contribution in [2.75, 3.05) is 0 Å². The minimum absolute atomic E-state index is 0.265. The topological polar surface area (TPSA) is 134 Å². The SMILES string of the molecule is N=CC(=O)NNOC(=O)c1ccccc1[N+](=O)[O-]. The number of nitrogens with zero attached hydrogens (tertiary/aromatic N) is 1. The fourth-order valence-electron chi connectivity index (χ4n) is 1.02. The van der Waals surface area contributed by atoms with Crippen molar-refractivity contribution in [3.63, 3.8) is 0 Å². The van der Waals surface area contributed by atoms with E-state index in [4.69, 9.17) is 5.41 Å². The van der Waals surface area contributed by atoms with Gasteiger partial charge in [-0.2, -0.15) is 0 Å². The second-order valence-corrected chi connectivity index (χ2v) is 2.90. The summed E-state index contributed by atoms with van der Waals surface area (Å²) in [5.41, 5.74) is 2.94. The van der Waals surface area contributed by atoms with Crippen molar-refractivity contribution in [2.45, 2.75) is 0 Å². The Morgan fingerprint density at radius 2 is 2.06 bits per heavy atom. The predicted molar refractivity (Wildman–Crippen MR) is 58.6 cm³/mol. The van der Waals surface area contributed by atoms with Crippen LogP contribution in [0.15, 0.2) is 24.3 Å². The van der Waals surface area contributed by atoms with E-state index < -0.39 is 22.5 Å². The first kappa shape index (κ1) is 13.3. The minimum atomic E-state index is -1.03. The van der Waals surface area contributed by atoms with E-state index in [0.717, 1.165) is 6.07 Å². The van der Waals surface area contributed by atoms with Gasteiger partial charge in [0.2, 0.25) is 0 Å². The van der Waals surface area contributed by atoms with E-state index in [-0.39, 0.29) is 5.56 Å². The van der Waals surface area contributed by atoms with Gasteiger partial charge in [0, 0.05) is 6.07 Å². The Hall–Kier alpha value is -2.81. The number of carbonyl (C=O) groups excluding carboxylic acids is 2. The zero-order chi connectivity index (χ0) is 13.5. The number of para-hydroxylation sites is 1. The fourth-order valence-corrected chi connectivity index (χ4v) is 1.02. The summed E-state index contributed by atoms with van der Waals surface area (Å²) in [7, 11) is 0. The molecule has 94 valence electrons. The Labute approximate surface area is 100 Å². The Morgan fingerprint density at radius 3 is 2.67 bits per heavy atom. The number of hydrogen-bond donors (Lipinski definition) is 3. The number of nitro groups is 1. The van der Waals surface area contributed by atoms with E-state index in [0.29, 0.717) is 6.21 Å². The van der Waals surface area contributed by atoms with Gasteiger partial charge >= 0.3 is 5.97 Å². The molecule has 1 aromatic carbocycles. The second kappa shape index (κ2) is 6.06. The smallest absolute Gasteiger partial charge is 0.346 e. The van der Waals surface area contributed by atoms with Crippen molar-refractivity contribution in [3.05, 3.63) is 39.9 Å². The quantitative estimate of drug-likeness (QED) is 0.381. The summed E-state index contributed by atoms with van der Waals surface area (Å²) in [6.07, 6.45) is 0.450. The summed E-state index contributed by atoms with van der Waals surface area (Å²) < 4.78 is 0. The first-order chi connectivity index (χ1) is 8.56. The summed E-state index contributed by atoms with van der Waals surface area (Å²) in [6, 6.07) is 5.19. The van der Waals surface area contributed by atoms with Crippen LogP contribution >= 0.6 is 0 Å². The molecule has 1 rings (SSSR count). The lowest BCUT2D eigenvalue weighted by Crippen LogP contribution is -2.39. The van der Waals surface area contributed by atoms with Crippen LogP contribution in [0.4, 0.5) is 5.69 Å². The van der Waals surface area contributed by atoms with E-state index in [9.17, 15) is 19.7 Å². The monoisotopic (exact) mass is 252 g/mol. The van der Waals surface area contributed by atoms with Crippen LogP contribution in [-0.4, -0.2) is 23.0 Å². The van der Waals surface area contributed by atoms with Gasteiger partial charge in [-0.25, -0.2) is 4.79 Å². The van der Waals surface area contributed by atoms with Gasteiger partial charge in [-0.05, 0) is 6.07 Å². The summed E-state index contributed by atoms with van der Waals surface area (Å²) in [5, 5.41) is 17.2. The van der Waals surface area contributed by atoms with Crippen LogP contribution in [0.25, 0.3) is 0 Å². The number of hydrogen-bond acceptors (Lipinski definition) is 7. The molecular formula is C9H8N4O5. The lowest BCUT2D eigenvalue weighted by molar-refractivity contribution is -0.385. The number of rotatable bonds is 5. The molecule has 0 atom stereocenters. The Kier molecular flexibility index (Phi) is 4.46. The van der Waals surface area contributed by atoms with E-state index in [1.807, 2.05) is 5.43 Å². The van der Waals surface area contributed by atoms with E-state index in [1.165, 1.54) is 18.2 Å². The molecule has 18 heavy (non-hydrogen) atoms. The maximum atomic E-state index is 11.4. The average molecular weight is 252 g/mol. The van der Waals surface area contributed by atoms with Crippen LogP contribution in [0, 0.1) is 15.5 Å².